The first-order valence-electron chi connectivity index (χ1n) is 8.69. The van der Waals surface area contributed by atoms with Crippen molar-refractivity contribution in [2.75, 3.05) is 31.5 Å². The maximum Gasteiger partial charge on any atom is 0.269 e. The van der Waals surface area contributed by atoms with Crippen LogP contribution in [-0.4, -0.2) is 42.2 Å². The van der Waals surface area contributed by atoms with Gasteiger partial charge >= 0.3 is 0 Å². The molecule has 10 heteroatoms. The van der Waals surface area contributed by atoms with Gasteiger partial charge in [-0.25, -0.2) is 4.99 Å². The molecule has 0 saturated carbocycles. The van der Waals surface area contributed by atoms with Crippen LogP contribution in [-0.2, 0) is 5.60 Å². The van der Waals surface area contributed by atoms with Gasteiger partial charge < -0.3 is 21.1 Å². The quantitative estimate of drug-likeness (QED) is 0.101. The van der Waals surface area contributed by atoms with E-state index >= 15 is 0 Å². The van der Waals surface area contributed by atoms with E-state index in [0.29, 0.717) is 25.6 Å². The third-order valence-electron chi connectivity index (χ3n) is 3.77. The Bertz CT molecular complexity index is 751. The summed E-state index contributed by atoms with van der Waals surface area (Å²) in [5.74, 6) is 0.625. The van der Waals surface area contributed by atoms with Crippen LogP contribution in [0.15, 0.2) is 46.8 Å². The summed E-state index contributed by atoms with van der Waals surface area (Å²) in [6.45, 7) is 5.90. The minimum atomic E-state index is -1.01. The fourth-order valence-corrected chi connectivity index (χ4v) is 3.11. The van der Waals surface area contributed by atoms with E-state index in [4.69, 9.17) is 0 Å². The van der Waals surface area contributed by atoms with Gasteiger partial charge in [0.15, 0.2) is 5.96 Å². The van der Waals surface area contributed by atoms with Crippen molar-refractivity contribution < 1.29 is 10.0 Å². The number of guanidine groups is 1. The molecule has 0 radical (unpaired) electrons. The lowest BCUT2D eigenvalue weighted by Gasteiger charge is -2.20. The number of rotatable bonds is 9. The number of hydrogen-bond acceptors (Lipinski definition) is 6. The Labute approximate surface area is 185 Å². The fourth-order valence-electron chi connectivity index (χ4n) is 2.33. The van der Waals surface area contributed by atoms with Crippen molar-refractivity contribution in [3.63, 3.8) is 0 Å². The summed E-state index contributed by atoms with van der Waals surface area (Å²) in [6.07, 6.45) is 0. The lowest BCUT2D eigenvalue weighted by molar-refractivity contribution is -0.384. The molecule has 0 aliphatic carbocycles. The van der Waals surface area contributed by atoms with Crippen LogP contribution >= 0.6 is 35.3 Å². The molecule has 1 aromatic heterocycles. The molecule has 1 heterocycles. The molecule has 1 aromatic carbocycles. The zero-order valence-corrected chi connectivity index (χ0v) is 19.0. The predicted molar refractivity (Wildman–Crippen MR) is 125 cm³/mol. The SMILES string of the molecule is CCNC(=NCC(C)(O)c1cccs1)NCCNc1ccc([N+](=O)[O-])cc1.I. The lowest BCUT2D eigenvalue weighted by atomic mass is 10.1. The maximum atomic E-state index is 10.7. The second kappa shape index (κ2) is 11.8. The normalized spacial score (nSPS) is 13.2. The zero-order valence-electron chi connectivity index (χ0n) is 15.8. The topological polar surface area (TPSA) is 112 Å². The maximum absolute atomic E-state index is 10.7. The summed E-state index contributed by atoms with van der Waals surface area (Å²) in [5.41, 5.74) is -0.129. The van der Waals surface area contributed by atoms with E-state index in [9.17, 15) is 15.2 Å². The van der Waals surface area contributed by atoms with Crippen molar-refractivity contribution in [3.8, 4) is 0 Å². The standard InChI is InChI=1S/C18H25N5O3S.HI/c1-3-19-17(22-13-18(2,24)16-5-4-12-27-16)21-11-10-20-14-6-8-15(9-7-14)23(25)26;/h4-9,12,20,24H,3,10-11,13H2,1-2H3,(H2,19,21,22);1H. The Hall–Kier alpha value is -1.92. The van der Waals surface area contributed by atoms with Crippen LogP contribution in [0.3, 0.4) is 0 Å². The van der Waals surface area contributed by atoms with Crippen molar-refractivity contribution >= 4 is 52.6 Å². The van der Waals surface area contributed by atoms with Gasteiger partial charge in [0.1, 0.15) is 5.60 Å². The molecular formula is C18H26IN5O3S. The van der Waals surface area contributed by atoms with Gasteiger partial charge in [-0.15, -0.1) is 35.3 Å². The van der Waals surface area contributed by atoms with E-state index in [1.807, 2.05) is 24.4 Å². The second-order valence-electron chi connectivity index (χ2n) is 6.10. The Balaban J connectivity index is 0.00000392. The highest BCUT2D eigenvalue weighted by atomic mass is 127. The van der Waals surface area contributed by atoms with E-state index in [1.165, 1.54) is 23.5 Å². The van der Waals surface area contributed by atoms with Crippen LogP contribution < -0.4 is 16.0 Å². The van der Waals surface area contributed by atoms with Gasteiger partial charge in [0, 0.05) is 42.3 Å². The molecule has 28 heavy (non-hydrogen) atoms. The highest BCUT2D eigenvalue weighted by Gasteiger charge is 2.23. The van der Waals surface area contributed by atoms with Crippen LogP contribution in [0.25, 0.3) is 0 Å². The molecule has 1 unspecified atom stereocenters. The zero-order chi connectivity index (χ0) is 19.7. The number of nitro benzene ring substituents is 1. The summed E-state index contributed by atoms with van der Waals surface area (Å²) in [7, 11) is 0. The van der Waals surface area contributed by atoms with E-state index in [1.54, 1.807) is 19.1 Å². The molecule has 0 spiro atoms. The summed E-state index contributed by atoms with van der Waals surface area (Å²) in [6, 6.07) is 10.1. The molecule has 0 bridgehead atoms. The molecule has 2 aromatic rings. The molecule has 0 amide bonds. The van der Waals surface area contributed by atoms with Gasteiger partial charge in [-0.2, -0.15) is 0 Å². The van der Waals surface area contributed by atoms with Crippen molar-refractivity contribution in [1.82, 2.24) is 10.6 Å². The van der Waals surface area contributed by atoms with Crippen molar-refractivity contribution in [2.24, 2.45) is 4.99 Å². The van der Waals surface area contributed by atoms with Gasteiger partial charge in [-0.1, -0.05) is 6.07 Å². The van der Waals surface area contributed by atoms with E-state index in [2.05, 4.69) is 20.9 Å². The molecule has 0 aliphatic heterocycles. The number of anilines is 1. The second-order valence-corrected chi connectivity index (χ2v) is 7.05. The number of halogens is 1. The summed E-state index contributed by atoms with van der Waals surface area (Å²) >= 11 is 1.50. The molecular weight excluding hydrogens is 493 g/mol. The van der Waals surface area contributed by atoms with E-state index < -0.39 is 10.5 Å². The van der Waals surface area contributed by atoms with Gasteiger partial charge in [-0.05, 0) is 37.4 Å². The third-order valence-corrected chi connectivity index (χ3v) is 4.89. The molecule has 8 nitrogen and oxygen atoms in total. The molecule has 2 rings (SSSR count). The first-order chi connectivity index (χ1) is 12.9. The number of hydrogen-bond donors (Lipinski definition) is 4. The largest absolute Gasteiger partial charge is 0.383 e. The van der Waals surface area contributed by atoms with Gasteiger partial charge in [-0.3, -0.25) is 10.1 Å². The molecule has 1 atom stereocenters. The Morgan fingerprint density at radius 2 is 1.96 bits per heavy atom. The number of non-ortho nitro benzene ring substituents is 1. The predicted octanol–water partition coefficient (Wildman–Crippen LogP) is 3.15. The molecule has 0 saturated heterocycles. The van der Waals surface area contributed by atoms with Crippen LogP contribution in [0.5, 0.6) is 0 Å². The Morgan fingerprint density at radius 3 is 2.54 bits per heavy atom. The average molecular weight is 519 g/mol. The van der Waals surface area contributed by atoms with Crippen LogP contribution in [0, 0.1) is 10.1 Å². The number of aliphatic hydroxyl groups is 1. The monoisotopic (exact) mass is 519 g/mol. The number of aliphatic imine (C=N–C) groups is 1. The molecule has 154 valence electrons. The fraction of sp³-hybridized carbons (Fsp3) is 0.389. The summed E-state index contributed by atoms with van der Waals surface area (Å²) < 4.78 is 0. The molecule has 0 fully saturated rings. The van der Waals surface area contributed by atoms with Crippen LogP contribution in [0.2, 0.25) is 0 Å². The summed E-state index contributed by atoms with van der Waals surface area (Å²) in [4.78, 5) is 15.6. The number of nitrogens with zero attached hydrogens (tertiary/aromatic N) is 2. The van der Waals surface area contributed by atoms with Crippen LogP contribution in [0.1, 0.15) is 18.7 Å². The number of nitro groups is 1. The Kier molecular flexibility index (Phi) is 10.2. The van der Waals surface area contributed by atoms with Crippen molar-refractivity contribution in [1.29, 1.82) is 0 Å². The highest BCUT2D eigenvalue weighted by Crippen LogP contribution is 2.25. The lowest BCUT2D eigenvalue weighted by Crippen LogP contribution is -2.40. The first kappa shape index (κ1) is 24.1. The van der Waals surface area contributed by atoms with E-state index in [0.717, 1.165) is 10.6 Å². The number of benzene rings is 1. The Morgan fingerprint density at radius 1 is 1.25 bits per heavy atom. The van der Waals surface area contributed by atoms with Gasteiger partial charge in [0.2, 0.25) is 0 Å². The smallest absolute Gasteiger partial charge is 0.269 e. The minimum Gasteiger partial charge on any atom is -0.383 e. The van der Waals surface area contributed by atoms with Gasteiger partial charge in [0.05, 0.1) is 11.5 Å². The van der Waals surface area contributed by atoms with Crippen molar-refractivity contribution in [3.05, 3.63) is 56.8 Å². The summed E-state index contributed by atoms with van der Waals surface area (Å²) in [5, 5.41) is 32.7. The van der Waals surface area contributed by atoms with E-state index in [-0.39, 0.29) is 36.2 Å². The minimum absolute atomic E-state index is 0. The van der Waals surface area contributed by atoms with Crippen LogP contribution in [0.4, 0.5) is 11.4 Å². The third kappa shape index (κ3) is 7.60. The van der Waals surface area contributed by atoms with Crippen molar-refractivity contribution in [2.45, 2.75) is 19.4 Å². The highest BCUT2D eigenvalue weighted by molar-refractivity contribution is 14.0. The number of thiophene rings is 1. The molecule has 4 N–H and O–H groups in total. The first-order valence-corrected chi connectivity index (χ1v) is 9.57. The molecule has 0 aliphatic rings. The van der Waals surface area contributed by atoms with Gasteiger partial charge in [0.25, 0.3) is 5.69 Å². The average Bonchev–Trinajstić information content (AvgIpc) is 3.19. The number of nitrogens with one attached hydrogen (secondary N) is 3.